The Kier molecular flexibility index (Phi) is 3.38. The smallest absolute Gasteiger partial charge is 0.248 e. The molecule has 0 N–H and O–H groups in total. The standard InChI is InChI=1S/C13H13ClO3/c1-16-11-6-8-3-4-9(13(14)15)5-10(8)7-12(11)17-2/h5-7H,3-4H2,1-2H3. The van der Waals surface area contributed by atoms with Crippen LogP contribution in [0, 0.1) is 0 Å². The fraction of sp³-hybridized carbons (Fsp3) is 0.308. The van der Waals surface area contributed by atoms with E-state index in [4.69, 9.17) is 21.1 Å². The third-order valence-electron chi connectivity index (χ3n) is 2.89. The molecule has 0 fully saturated rings. The third kappa shape index (κ3) is 2.29. The predicted octanol–water partition coefficient (Wildman–Crippen LogP) is 2.80. The van der Waals surface area contributed by atoms with E-state index in [1.54, 1.807) is 14.2 Å². The first-order valence-electron chi connectivity index (χ1n) is 5.31. The van der Waals surface area contributed by atoms with Crippen LogP contribution in [-0.4, -0.2) is 19.5 Å². The molecule has 0 spiro atoms. The molecule has 2 rings (SSSR count). The van der Waals surface area contributed by atoms with Gasteiger partial charge in [0, 0.05) is 5.57 Å². The lowest BCUT2D eigenvalue weighted by molar-refractivity contribution is -0.108. The molecule has 17 heavy (non-hydrogen) atoms. The highest BCUT2D eigenvalue weighted by Gasteiger charge is 2.17. The van der Waals surface area contributed by atoms with Gasteiger partial charge >= 0.3 is 0 Å². The second-order valence-corrected chi connectivity index (χ2v) is 4.19. The number of benzene rings is 1. The van der Waals surface area contributed by atoms with Crippen LogP contribution >= 0.6 is 11.6 Å². The molecule has 1 aliphatic carbocycles. The van der Waals surface area contributed by atoms with Crippen molar-refractivity contribution in [2.24, 2.45) is 0 Å². The maximum atomic E-state index is 11.1. The van der Waals surface area contributed by atoms with Crippen LogP contribution in [-0.2, 0) is 11.2 Å². The topological polar surface area (TPSA) is 35.5 Å². The minimum absolute atomic E-state index is 0.384. The van der Waals surface area contributed by atoms with Crippen LogP contribution in [0.15, 0.2) is 17.7 Å². The Morgan fingerprint density at radius 1 is 1.18 bits per heavy atom. The number of hydrogen-bond donors (Lipinski definition) is 0. The van der Waals surface area contributed by atoms with Gasteiger partial charge in [-0.05, 0) is 53.8 Å². The van der Waals surface area contributed by atoms with E-state index in [1.165, 1.54) is 0 Å². The molecule has 1 aliphatic rings. The zero-order valence-corrected chi connectivity index (χ0v) is 10.5. The summed E-state index contributed by atoms with van der Waals surface area (Å²) in [5.74, 6) is 1.37. The van der Waals surface area contributed by atoms with Gasteiger partial charge in [0.15, 0.2) is 11.5 Å². The monoisotopic (exact) mass is 252 g/mol. The quantitative estimate of drug-likeness (QED) is 0.776. The van der Waals surface area contributed by atoms with Crippen LogP contribution in [0.2, 0.25) is 0 Å². The molecule has 90 valence electrons. The van der Waals surface area contributed by atoms with Crippen molar-refractivity contribution in [1.29, 1.82) is 0 Å². The molecule has 0 saturated heterocycles. The second-order valence-electron chi connectivity index (χ2n) is 3.85. The molecule has 3 nitrogen and oxygen atoms in total. The van der Waals surface area contributed by atoms with Gasteiger partial charge in [0.05, 0.1) is 14.2 Å². The molecule has 0 heterocycles. The number of aryl methyl sites for hydroxylation is 1. The Hall–Kier alpha value is -1.48. The van der Waals surface area contributed by atoms with Crippen molar-refractivity contribution < 1.29 is 14.3 Å². The summed E-state index contributed by atoms with van der Waals surface area (Å²) in [4.78, 5) is 11.1. The summed E-state index contributed by atoms with van der Waals surface area (Å²) in [6.45, 7) is 0. The molecular formula is C13H13ClO3. The minimum atomic E-state index is -0.384. The van der Waals surface area contributed by atoms with Gasteiger partial charge in [-0.25, -0.2) is 0 Å². The van der Waals surface area contributed by atoms with Crippen LogP contribution < -0.4 is 9.47 Å². The predicted molar refractivity (Wildman–Crippen MR) is 66.7 cm³/mol. The molecule has 1 aromatic rings. The Balaban J connectivity index is 2.49. The summed E-state index contributed by atoms with van der Waals surface area (Å²) in [5, 5.41) is -0.384. The van der Waals surface area contributed by atoms with Gasteiger partial charge in [-0.2, -0.15) is 0 Å². The summed E-state index contributed by atoms with van der Waals surface area (Å²) in [6.07, 6.45) is 3.28. The average molecular weight is 253 g/mol. The van der Waals surface area contributed by atoms with Gasteiger partial charge in [-0.15, -0.1) is 0 Å². The number of halogens is 1. The van der Waals surface area contributed by atoms with E-state index in [0.29, 0.717) is 23.5 Å². The number of carbonyl (C=O) groups excluding carboxylic acids is 1. The van der Waals surface area contributed by atoms with Crippen LogP contribution in [0.4, 0.5) is 0 Å². The Bertz CT molecular complexity index is 492. The highest BCUT2D eigenvalue weighted by atomic mass is 35.5. The lowest BCUT2D eigenvalue weighted by Gasteiger charge is -2.17. The number of carbonyl (C=O) groups is 1. The van der Waals surface area contributed by atoms with Crippen molar-refractivity contribution in [2.45, 2.75) is 12.8 Å². The largest absolute Gasteiger partial charge is 0.493 e. The van der Waals surface area contributed by atoms with Gasteiger partial charge in [-0.1, -0.05) is 0 Å². The van der Waals surface area contributed by atoms with E-state index < -0.39 is 0 Å². The molecule has 1 aromatic carbocycles. The molecule has 0 aliphatic heterocycles. The van der Waals surface area contributed by atoms with E-state index in [-0.39, 0.29) is 5.24 Å². The fourth-order valence-corrected chi connectivity index (χ4v) is 2.12. The minimum Gasteiger partial charge on any atom is -0.493 e. The maximum Gasteiger partial charge on any atom is 0.248 e. The van der Waals surface area contributed by atoms with Crippen molar-refractivity contribution in [1.82, 2.24) is 0 Å². The highest BCUT2D eigenvalue weighted by Crippen LogP contribution is 2.35. The molecular weight excluding hydrogens is 240 g/mol. The van der Waals surface area contributed by atoms with Crippen molar-refractivity contribution >= 4 is 22.9 Å². The van der Waals surface area contributed by atoms with Crippen LogP contribution in [0.3, 0.4) is 0 Å². The van der Waals surface area contributed by atoms with Crippen molar-refractivity contribution in [3.05, 3.63) is 28.8 Å². The zero-order chi connectivity index (χ0) is 12.4. The van der Waals surface area contributed by atoms with E-state index in [2.05, 4.69) is 0 Å². The first kappa shape index (κ1) is 12.0. The first-order valence-corrected chi connectivity index (χ1v) is 5.68. The number of allylic oxidation sites excluding steroid dienone is 1. The van der Waals surface area contributed by atoms with Gasteiger partial charge < -0.3 is 9.47 Å². The molecule has 0 unspecified atom stereocenters. The number of fused-ring (bicyclic) bond motifs is 1. The van der Waals surface area contributed by atoms with Crippen molar-refractivity contribution in [3.63, 3.8) is 0 Å². The van der Waals surface area contributed by atoms with Gasteiger partial charge in [0.25, 0.3) is 0 Å². The molecule has 0 aromatic heterocycles. The summed E-state index contributed by atoms with van der Waals surface area (Å²) >= 11 is 5.49. The number of rotatable bonds is 3. The van der Waals surface area contributed by atoms with Gasteiger partial charge in [0.2, 0.25) is 5.24 Å². The maximum absolute atomic E-state index is 11.1. The van der Waals surface area contributed by atoms with E-state index in [1.807, 2.05) is 18.2 Å². The molecule has 0 radical (unpaired) electrons. The van der Waals surface area contributed by atoms with E-state index >= 15 is 0 Å². The number of methoxy groups -OCH3 is 2. The third-order valence-corrected chi connectivity index (χ3v) is 3.13. The molecule has 4 heteroatoms. The second kappa shape index (κ2) is 4.80. The van der Waals surface area contributed by atoms with Crippen LogP contribution in [0.1, 0.15) is 17.5 Å². The highest BCUT2D eigenvalue weighted by molar-refractivity contribution is 6.68. The van der Waals surface area contributed by atoms with Gasteiger partial charge in [0.1, 0.15) is 0 Å². The summed E-state index contributed by atoms with van der Waals surface area (Å²) in [5.41, 5.74) is 2.76. The van der Waals surface area contributed by atoms with Crippen LogP contribution in [0.5, 0.6) is 11.5 Å². The summed E-state index contributed by atoms with van der Waals surface area (Å²) in [6, 6.07) is 3.81. The lowest BCUT2D eigenvalue weighted by Crippen LogP contribution is -2.05. The van der Waals surface area contributed by atoms with Crippen LogP contribution in [0.25, 0.3) is 6.08 Å². The first-order chi connectivity index (χ1) is 8.15. The lowest BCUT2D eigenvalue weighted by atomic mass is 9.92. The molecule has 0 amide bonds. The summed E-state index contributed by atoms with van der Waals surface area (Å²) < 4.78 is 10.5. The number of hydrogen-bond acceptors (Lipinski definition) is 3. The molecule has 0 bridgehead atoms. The molecule has 0 atom stereocenters. The molecule has 0 saturated carbocycles. The normalized spacial score (nSPS) is 13.7. The zero-order valence-electron chi connectivity index (χ0n) is 9.75. The summed E-state index contributed by atoms with van der Waals surface area (Å²) in [7, 11) is 3.20. The van der Waals surface area contributed by atoms with Crippen molar-refractivity contribution in [2.75, 3.05) is 14.2 Å². The number of ether oxygens (including phenoxy) is 2. The van der Waals surface area contributed by atoms with Crippen molar-refractivity contribution in [3.8, 4) is 11.5 Å². The van der Waals surface area contributed by atoms with E-state index in [0.717, 1.165) is 17.5 Å². The Morgan fingerprint density at radius 2 is 1.82 bits per heavy atom. The van der Waals surface area contributed by atoms with Gasteiger partial charge in [-0.3, -0.25) is 4.79 Å². The SMILES string of the molecule is COc1cc2c(cc1OC)CCC(C(=O)Cl)=C2. The van der Waals surface area contributed by atoms with E-state index in [9.17, 15) is 4.79 Å². The Labute approximate surface area is 105 Å². The fourth-order valence-electron chi connectivity index (χ4n) is 1.97. The Morgan fingerprint density at radius 3 is 2.41 bits per heavy atom. The average Bonchev–Trinajstić information content (AvgIpc) is 2.36.